The summed E-state index contributed by atoms with van der Waals surface area (Å²) in [6.07, 6.45) is 3.54. The Morgan fingerprint density at radius 3 is 2.42 bits per heavy atom. The number of aryl methyl sites for hydroxylation is 2. The monoisotopic (exact) mass is 257 g/mol. The van der Waals surface area contributed by atoms with E-state index < -0.39 is 0 Å². The van der Waals surface area contributed by atoms with Crippen LogP contribution in [0, 0.1) is 13.8 Å². The standard InChI is InChI=1S/C15H19N3O/c1-10-9-14(19-3)11(2)8-13(10)15(18-16)12-4-6-17-7-5-12/h4-9,15,18H,16H2,1-3H3. The molecule has 19 heavy (non-hydrogen) atoms. The lowest BCUT2D eigenvalue weighted by molar-refractivity contribution is 0.411. The van der Waals surface area contributed by atoms with Gasteiger partial charge in [-0.3, -0.25) is 10.8 Å². The van der Waals surface area contributed by atoms with Crippen LogP contribution < -0.4 is 16.0 Å². The molecule has 1 unspecified atom stereocenters. The van der Waals surface area contributed by atoms with Crippen LogP contribution in [0.3, 0.4) is 0 Å². The molecule has 4 heteroatoms. The van der Waals surface area contributed by atoms with Crippen LogP contribution in [0.5, 0.6) is 5.75 Å². The third-order valence-electron chi connectivity index (χ3n) is 3.30. The van der Waals surface area contributed by atoms with Crippen molar-refractivity contribution in [3.05, 3.63) is 58.9 Å². The predicted octanol–water partition coefficient (Wildman–Crippen LogP) is 2.26. The third-order valence-corrected chi connectivity index (χ3v) is 3.30. The second-order valence-electron chi connectivity index (χ2n) is 4.56. The van der Waals surface area contributed by atoms with Gasteiger partial charge in [0, 0.05) is 12.4 Å². The zero-order valence-corrected chi connectivity index (χ0v) is 11.5. The van der Waals surface area contributed by atoms with E-state index in [1.165, 1.54) is 0 Å². The fraction of sp³-hybridized carbons (Fsp3) is 0.267. The summed E-state index contributed by atoms with van der Waals surface area (Å²) in [5.74, 6) is 6.62. The minimum Gasteiger partial charge on any atom is -0.496 e. The third kappa shape index (κ3) is 2.75. The molecule has 0 aliphatic heterocycles. The molecule has 0 amide bonds. The average molecular weight is 257 g/mol. The van der Waals surface area contributed by atoms with Crippen molar-refractivity contribution in [3.63, 3.8) is 0 Å². The number of benzene rings is 1. The van der Waals surface area contributed by atoms with Crippen molar-refractivity contribution in [2.75, 3.05) is 7.11 Å². The van der Waals surface area contributed by atoms with E-state index in [0.717, 1.165) is 28.0 Å². The Balaban J connectivity index is 2.47. The Bertz CT molecular complexity index is 555. The number of rotatable bonds is 4. The number of hydrogen-bond donors (Lipinski definition) is 2. The molecule has 0 spiro atoms. The van der Waals surface area contributed by atoms with Gasteiger partial charge in [0.1, 0.15) is 5.75 Å². The van der Waals surface area contributed by atoms with Crippen LogP contribution in [0.4, 0.5) is 0 Å². The molecule has 2 rings (SSSR count). The van der Waals surface area contributed by atoms with E-state index in [4.69, 9.17) is 10.6 Å². The van der Waals surface area contributed by atoms with Crippen molar-refractivity contribution in [2.45, 2.75) is 19.9 Å². The minimum absolute atomic E-state index is 0.0485. The first kappa shape index (κ1) is 13.5. The summed E-state index contributed by atoms with van der Waals surface area (Å²) in [5.41, 5.74) is 7.34. The molecular weight excluding hydrogens is 238 g/mol. The molecule has 0 aliphatic carbocycles. The highest BCUT2D eigenvalue weighted by atomic mass is 16.5. The summed E-state index contributed by atoms with van der Waals surface area (Å²) in [6.45, 7) is 4.09. The molecular formula is C15H19N3O. The van der Waals surface area contributed by atoms with E-state index in [-0.39, 0.29) is 6.04 Å². The molecule has 1 aromatic heterocycles. The van der Waals surface area contributed by atoms with Crippen molar-refractivity contribution in [1.82, 2.24) is 10.4 Å². The fourth-order valence-electron chi connectivity index (χ4n) is 2.26. The molecule has 3 N–H and O–H groups in total. The number of hydrogen-bond acceptors (Lipinski definition) is 4. The highest BCUT2D eigenvalue weighted by molar-refractivity contribution is 5.45. The van der Waals surface area contributed by atoms with Crippen LogP contribution in [0.15, 0.2) is 36.7 Å². The van der Waals surface area contributed by atoms with Gasteiger partial charge in [0.05, 0.1) is 13.2 Å². The zero-order valence-electron chi connectivity index (χ0n) is 11.5. The van der Waals surface area contributed by atoms with Crippen LogP contribution in [0.1, 0.15) is 28.3 Å². The van der Waals surface area contributed by atoms with Crippen molar-refractivity contribution >= 4 is 0 Å². The van der Waals surface area contributed by atoms with E-state index in [1.54, 1.807) is 19.5 Å². The van der Waals surface area contributed by atoms with Gasteiger partial charge < -0.3 is 4.74 Å². The number of aromatic nitrogens is 1. The van der Waals surface area contributed by atoms with Crippen molar-refractivity contribution in [1.29, 1.82) is 0 Å². The number of nitrogens with zero attached hydrogens (tertiary/aromatic N) is 1. The van der Waals surface area contributed by atoms with Crippen LogP contribution in [0.25, 0.3) is 0 Å². The number of nitrogens with one attached hydrogen (secondary N) is 1. The van der Waals surface area contributed by atoms with Gasteiger partial charge in [0.15, 0.2) is 0 Å². The Hall–Kier alpha value is -1.91. The summed E-state index contributed by atoms with van der Waals surface area (Å²) < 4.78 is 5.34. The number of pyridine rings is 1. The van der Waals surface area contributed by atoms with Gasteiger partial charge in [-0.2, -0.15) is 0 Å². The molecule has 0 saturated heterocycles. The van der Waals surface area contributed by atoms with Crippen LogP contribution in [0.2, 0.25) is 0 Å². The SMILES string of the molecule is COc1cc(C)c(C(NN)c2ccncc2)cc1C. The molecule has 4 nitrogen and oxygen atoms in total. The van der Waals surface area contributed by atoms with Gasteiger partial charge in [-0.1, -0.05) is 6.07 Å². The van der Waals surface area contributed by atoms with Crippen LogP contribution in [-0.2, 0) is 0 Å². The van der Waals surface area contributed by atoms with E-state index in [1.807, 2.05) is 25.1 Å². The average Bonchev–Trinajstić information content (AvgIpc) is 2.44. The molecule has 2 aromatic rings. The lowest BCUT2D eigenvalue weighted by Crippen LogP contribution is -2.29. The zero-order chi connectivity index (χ0) is 13.8. The van der Waals surface area contributed by atoms with E-state index >= 15 is 0 Å². The lowest BCUT2D eigenvalue weighted by atomic mass is 9.94. The minimum atomic E-state index is -0.0485. The Kier molecular flexibility index (Phi) is 4.14. The highest BCUT2D eigenvalue weighted by Gasteiger charge is 2.16. The van der Waals surface area contributed by atoms with Crippen molar-refractivity contribution in [3.8, 4) is 5.75 Å². The number of hydrazine groups is 1. The largest absolute Gasteiger partial charge is 0.496 e. The predicted molar refractivity (Wildman–Crippen MR) is 75.9 cm³/mol. The first-order valence-corrected chi connectivity index (χ1v) is 6.18. The molecule has 100 valence electrons. The normalized spacial score (nSPS) is 12.2. The number of ether oxygens (including phenoxy) is 1. The van der Waals surface area contributed by atoms with Gasteiger partial charge in [-0.15, -0.1) is 0 Å². The quantitative estimate of drug-likeness (QED) is 0.651. The van der Waals surface area contributed by atoms with Crippen LogP contribution >= 0.6 is 0 Å². The molecule has 0 fully saturated rings. The molecule has 0 saturated carbocycles. The van der Waals surface area contributed by atoms with Gasteiger partial charge >= 0.3 is 0 Å². The summed E-state index contributed by atoms with van der Waals surface area (Å²) in [5, 5.41) is 0. The smallest absolute Gasteiger partial charge is 0.122 e. The summed E-state index contributed by atoms with van der Waals surface area (Å²) >= 11 is 0. The maximum atomic E-state index is 5.72. The summed E-state index contributed by atoms with van der Waals surface area (Å²) in [7, 11) is 1.68. The highest BCUT2D eigenvalue weighted by Crippen LogP contribution is 2.29. The Labute approximate surface area is 113 Å². The van der Waals surface area contributed by atoms with E-state index in [9.17, 15) is 0 Å². The second kappa shape index (κ2) is 5.82. The van der Waals surface area contributed by atoms with Gasteiger partial charge in [-0.25, -0.2) is 5.43 Å². The first-order valence-electron chi connectivity index (χ1n) is 6.18. The van der Waals surface area contributed by atoms with Gasteiger partial charge in [0.25, 0.3) is 0 Å². The molecule has 1 atom stereocenters. The van der Waals surface area contributed by atoms with Gasteiger partial charge in [-0.05, 0) is 54.3 Å². The maximum Gasteiger partial charge on any atom is 0.122 e. The number of methoxy groups -OCH3 is 1. The molecule has 0 aliphatic rings. The van der Waals surface area contributed by atoms with Crippen LogP contribution in [-0.4, -0.2) is 12.1 Å². The van der Waals surface area contributed by atoms with Gasteiger partial charge in [0.2, 0.25) is 0 Å². The first-order chi connectivity index (χ1) is 9.17. The maximum absolute atomic E-state index is 5.72. The molecule has 1 aromatic carbocycles. The Morgan fingerprint density at radius 2 is 1.84 bits per heavy atom. The fourth-order valence-corrected chi connectivity index (χ4v) is 2.26. The molecule has 0 radical (unpaired) electrons. The topological polar surface area (TPSA) is 60.2 Å². The van der Waals surface area contributed by atoms with Crippen molar-refractivity contribution < 1.29 is 4.74 Å². The second-order valence-corrected chi connectivity index (χ2v) is 4.56. The lowest BCUT2D eigenvalue weighted by Gasteiger charge is -2.20. The summed E-state index contributed by atoms with van der Waals surface area (Å²) in [6, 6.07) is 8.02. The Morgan fingerprint density at radius 1 is 1.16 bits per heavy atom. The van der Waals surface area contributed by atoms with E-state index in [2.05, 4.69) is 23.4 Å². The van der Waals surface area contributed by atoms with Crippen molar-refractivity contribution in [2.24, 2.45) is 5.84 Å². The molecule has 1 heterocycles. The molecule has 0 bridgehead atoms. The van der Waals surface area contributed by atoms with E-state index in [0.29, 0.717) is 0 Å². The number of nitrogens with two attached hydrogens (primary N) is 1. The summed E-state index contributed by atoms with van der Waals surface area (Å²) in [4.78, 5) is 4.03.